The lowest BCUT2D eigenvalue weighted by atomic mass is 9.94. The predicted molar refractivity (Wildman–Crippen MR) is 141 cm³/mol. The van der Waals surface area contributed by atoms with E-state index in [0.29, 0.717) is 32.8 Å². The molecule has 1 saturated carbocycles. The number of carbonyl (C=O) groups is 2. The number of furan rings is 1. The van der Waals surface area contributed by atoms with Crippen molar-refractivity contribution in [2.24, 2.45) is 4.99 Å². The molecule has 3 aromatic rings. The number of amidine groups is 1. The molecule has 0 spiro atoms. The number of amides is 1. The molecule has 5 rings (SSSR count). The molecule has 188 valence electrons. The number of nitro benzene ring substituents is 1. The third-order valence-corrected chi connectivity index (χ3v) is 7.34. The Hall–Kier alpha value is -4.18. The highest BCUT2D eigenvalue weighted by atomic mass is 32.2. The number of aromatic carboxylic acids is 1. The van der Waals surface area contributed by atoms with Crippen molar-refractivity contribution in [1.82, 2.24) is 4.90 Å². The summed E-state index contributed by atoms with van der Waals surface area (Å²) in [6, 6.07) is 15.9. The zero-order valence-electron chi connectivity index (χ0n) is 19.7. The summed E-state index contributed by atoms with van der Waals surface area (Å²) in [5.74, 6) is -0.511. The zero-order valence-corrected chi connectivity index (χ0v) is 20.5. The van der Waals surface area contributed by atoms with E-state index < -0.39 is 10.9 Å². The highest BCUT2D eigenvalue weighted by molar-refractivity contribution is 8.18. The summed E-state index contributed by atoms with van der Waals surface area (Å²) in [6.45, 7) is 0. The monoisotopic (exact) mass is 517 g/mol. The van der Waals surface area contributed by atoms with Gasteiger partial charge in [-0.3, -0.25) is 19.8 Å². The maximum Gasteiger partial charge on any atom is 0.335 e. The van der Waals surface area contributed by atoms with E-state index in [4.69, 9.17) is 4.42 Å². The van der Waals surface area contributed by atoms with Crippen molar-refractivity contribution in [3.8, 4) is 11.3 Å². The van der Waals surface area contributed by atoms with E-state index in [1.165, 1.54) is 30.0 Å². The lowest BCUT2D eigenvalue weighted by Gasteiger charge is -2.30. The Morgan fingerprint density at radius 1 is 1.11 bits per heavy atom. The van der Waals surface area contributed by atoms with Gasteiger partial charge in [0, 0.05) is 18.2 Å². The van der Waals surface area contributed by atoms with E-state index >= 15 is 0 Å². The summed E-state index contributed by atoms with van der Waals surface area (Å²) >= 11 is 1.21. The van der Waals surface area contributed by atoms with Crippen LogP contribution < -0.4 is 0 Å². The van der Waals surface area contributed by atoms with Crippen molar-refractivity contribution in [2.45, 2.75) is 38.1 Å². The Balaban J connectivity index is 1.49. The van der Waals surface area contributed by atoms with Gasteiger partial charge in [-0.1, -0.05) is 37.5 Å². The first-order chi connectivity index (χ1) is 17.9. The van der Waals surface area contributed by atoms with Crippen LogP contribution in [-0.2, 0) is 4.79 Å². The average Bonchev–Trinajstić information content (AvgIpc) is 3.49. The van der Waals surface area contributed by atoms with Crippen molar-refractivity contribution < 1.29 is 24.0 Å². The quantitative estimate of drug-likeness (QED) is 0.225. The Kier molecular flexibility index (Phi) is 6.91. The molecule has 1 amide bonds. The van der Waals surface area contributed by atoms with Crippen molar-refractivity contribution in [1.29, 1.82) is 0 Å². The van der Waals surface area contributed by atoms with Gasteiger partial charge < -0.3 is 9.52 Å². The molecule has 10 heteroatoms. The summed E-state index contributed by atoms with van der Waals surface area (Å²) in [7, 11) is 0. The van der Waals surface area contributed by atoms with E-state index in [1.54, 1.807) is 53.4 Å². The third-order valence-electron chi connectivity index (χ3n) is 6.36. The van der Waals surface area contributed by atoms with Crippen LogP contribution in [-0.4, -0.2) is 38.0 Å². The van der Waals surface area contributed by atoms with Crippen molar-refractivity contribution >= 4 is 46.3 Å². The summed E-state index contributed by atoms with van der Waals surface area (Å²) in [5, 5.41) is 21.2. The molecule has 1 aliphatic heterocycles. The molecule has 2 aromatic carbocycles. The SMILES string of the molecule is O=C(O)c1cccc(N=C2S/C(=C/c3ccc(-c4ccccc4[N+](=O)[O-])o3)C(=O)N2C2CCCCC2)c1. The van der Waals surface area contributed by atoms with Gasteiger partial charge in [0.15, 0.2) is 5.17 Å². The number of carboxylic acids is 1. The Bertz CT molecular complexity index is 1440. The molecule has 0 radical (unpaired) electrons. The summed E-state index contributed by atoms with van der Waals surface area (Å²) in [4.78, 5) is 42.7. The minimum Gasteiger partial charge on any atom is -0.478 e. The van der Waals surface area contributed by atoms with E-state index in [1.807, 2.05) is 0 Å². The standard InChI is InChI=1S/C27H23N3O6S/c31-25-24(16-20-13-14-23(36-20)21-11-4-5-12-22(21)30(34)35)37-27(29(25)19-9-2-1-3-10-19)28-18-8-6-7-17(15-18)26(32)33/h4-8,11-16,19H,1-3,9-10H2,(H,32,33)/b24-16+,28-27?. The maximum atomic E-state index is 13.5. The van der Waals surface area contributed by atoms with Crippen LogP contribution in [0, 0.1) is 10.1 Å². The fourth-order valence-corrected chi connectivity index (χ4v) is 5.63. The first-order valence-corrected chi connectivity index (χ1v) is 12.7. The molecule has 37 heavy (non-hydrogen) atoms. The molecule has 1 N–H and O–H groups in total. The van der Waals surface area contributed by atoms with Gasteiger partial charge in [0.1, 0.15) is 11.5 Å². The van der Waals surface area contributed by atoms with Gasteiger partial charge in [0.25, 0.3) is 11.6 Å². The Morgan fingerprint density at radius 3 is 2.65 bits per heavy atom. The van der Waals surface area contributed by atoms with E-state index in [-0.39, 0.29) is 23.2 Å². The van der Waals surface area contributed by atoms with Crippen LogP contribution in [0.4, 0.5) is 11.4 Å². The molecule has 0 bridgehead atoms. The maximum absolute atomic E-state index is 13.5. The number of hydrogen-bond donors (Lipinski definition) is 1. The number of para-hydroxylation sites is 1. The fraction of sp³-hybridized carbons (Fsp3) is 0.222. The molecule has 0 atom stereocenters. The number of nitrogens with zero attached hydrogens (tertiary/aromatic N) is 3. The molecule has 2 heterocycles. The van der Waals surface area contributed by atoms with Crippen LogP contribution in [0.5, 0.6) is 0 Å². The number of hydrogen-bond acceptors (Lipinski definition) is 7. The van der Waals surface area contributed by atoms with Gasteiger partial charge in [-0.05, 0) is 61.0 Å². The molecule has 2 aliphatic rings. The number of thioether (sulfide) groups is 1. The molecule has 0 unspecified atom stereocenters. The predicted octanol–water partition coefficient (Wildman–Crippen LogP) is 6.49. The topological polar surface area (TPSA) is 126 Å². The van der Waals surface area contributed by atoms with Crippen LogP contribution in [0.1, 0.15) is 48.2 Å². The van der Waals surface area contributed by atoms with Gasteiger partial charge in [-0.15, -0.1) is 0 Å². The van der Waals surface area contributed by atoms with Crippen LogP contribution >= 0.6 is 11.8 Å². The van der Waals surface area contributed by atoms with Crippen molar-refractivity contribution in [3.05, 3.63) is 87.0 Å². The molecular weight excluding hydrogens is 494 g/mol. The molecule has 1 saturated heterocycles. The second-order valence-corrected chi connectivity index (χ2v) is 9.81. The molecule has 1 aliphatic carbocycles. The largest absolute Gasteiger partial charge is 0.478 e. The number of aliphatic imine (C=N–C) groups is 1. The van der Waals surface area contributed by atoms with E-state index in [9.17, 15) is 24.8 Å². The minimum absolute atomic E-state index is 0.0141. The zero-order chi connectivity index (χ0) is 25.9. The van der Waals surface area contributed by atoms with Gasteiger partial charge in [0.2, 0.25) is 0 Å². The van der Waals surface area contributed by atoms with E-state index in [0.717, 1.165) is 32.1 Å². The fourth-order valence-electron chi connectivity index (χ4n) is 4.59. The number of nitro groups is 1. The van der Waals surface area contributed by atoms with Gasteiger partial charge in [-0.25, -0.2) is 9.79 Å². The second-order valence-electron chi connectivity index (χ2n) is 8.80. The van der Waals surface area contributed by atoms with Crippen LogP contribution in [0.2, 0.25) is 0 Å². The number of rotatable bonds is 6. The van der Waals surface area contributed by atoms with Crippen molar-refractivity contribution in [2.75, 3.05) is 0 Å². The van der Waals surface area contributed by atoms with Gasteiger partial charge in [-0.2, -0.15) is 0 Å². The Labute approximate surface area is 216 Å². The highest BCUT2D eigenvalue weighted by Gasteiger charge is 2.39. The third kappa shape index (κ3) is 5.19. The highest BCUT2D eigenvalue weighted by Crippen LogP contribution is 2.39. The number of carboxylic acid groups (broad SMARTS) is 1. The lowest BCUT2D eigenvalue weighted by molar-refractivity contribution is -0.384. The molecule has 1 aromatic heterocycles. The summed E-state index contributed by atoms with van der Waals surface area (Å²) < 4.78 is 5.88. The lowest BCUT2D eigenvalue weighted by Crippen LogP contribution is -2.40. The summed E-state index contributed by atoms with van der Waals surface area (Å²) in [6.07, 6.45) is 6.54. The van der Waals surface area contributed by atoms with Gasteiger partial charge in [0.05, 0.1) is 26.6 Å². The van der Waals surface area contributed by atoms with Crippen LogP contribution in [0.15, 0.2) is 75.0 Å². The second kappa shape index (κ2) is 10.4. The van der Waals surface area contributed by atoms with E-state index in [2.05, 4.69) is 4.99 Å². The first-order valence-electron chi connectivity index (χ1n) is 11.9. The Morgan fingerprint density at radius 2 is 1.89 bits per heavy atom. The van der Waals surface area contributed by atoms with Gasteiger partial charge >= 0.3 is 5.97 Å². The molecule has 2 fully saturated rings. The molecular formula is C27H23N3O6S. The normalized spacial score (nSPS) is 18.6. The molecule has 9 nitrogen and oxygen atoms in total. The minimum atomic E-state index is -1.05. The number of benzene rings is 2. The summed E-state index contributed by atoms with van der Waals surface area (Å²) in [5.41, 5.74) is 0.860. The van der Waals surface area contributed by atoms with Crippen LogP contribution in [0.3, 0.4) is 0 Å². The number of carbonyl (C=O) groups excluding carboxylic acids is 1. The van der Waals surface area contributed by atoms with Crippen molar-refractivity contribution in [3.63, 3.8) is 0 Å². The van der Waals surface area contributed by atoms with Crippen LogP contribution in [0.25, 0.3) is 17.4 Å². The average molecular weight is 518 g/mol. The first kappa shape index (κ1) is 24.5. The smallest absolute Gasteiger partial charge is 0.335 e.